The van der Waals surface area contributed by atoms with Crippen molar-refractivity contribution in [1.82, 2.24) is 48.5 Å². The summed E-state index contributed by atoms with van der Waals surface area (Å²) in [6.45, 7) is 7.41. The number of thiazole rings is 2. The Morgan fingerprint density at radius 1 is 0.603 bits per heavy atom. The van der Waals surface area contributed by atoms with Gasteiger partial charge in [0.05, 0.1) is 28.4 Å². The van der Waals surface area contributed by atoms with Gasteiger partial charge in [-0.15, -0.1) is 22.7 Å². The molecule has 7 aromatic rings. The Balaban J connectivity index is 0.000000168. The van der Waals surface area contributed by atoms with Gasteiger partial charge in [0.2, 0.25) is 0 Å². The van der Waals surface area contributed by atoms with Gasteiger partial charge in [0.1, 0.15) is 15.7 Å². The largest absolute Gasteiger partial charge is 1.00 e. The van der Waals surface area contributed by atoms with Crippen LogP contribution in [0.3, 0.4) is 0 Å². The summed E-state index contributed by atoms with van der Waals surface area (Å²) in [5.41, 5.74) is 8.08. The van der Waals surface area contributed by atoms with E-state index < -0.39 is 10.0 Å². The fraction of sp³-hybridized carbons (Fsp3) is 0.536. The predicted octanol–water partition coefficient (Wildman–Crippen LogP) is 8.69. The fourth-order valence-electron chi connectivity index (χ4n) is 13.2. The molecule has 1 aromatic carbocycles. The second kappa shape index (κ2) is 23.1. The molecule has 2 N–H and O–H groups in total. The summed E-state index contributed by atoms with van der Waals surface area (Å²) < 4.78 is 28.9. The first kappa shape index (κ1) is 53.0. The summed E-state index contributed by atoms with van der Waals surface area (Å²) in [5, 5.41) is 8.78. The number of pyridine rings is 2. The molecule has 0 amide bonds. The van der Waals surface area contributed by atoms with Crippen LogP contribution < -0.4 is 29.6 Å². The smallest absolute Gasteiger partial charge is 0.870 e. The van der Waals surface area contributed by atoms with Crippen molar-refractivity contribution < 1.29 is 43.5 Å². The first-order chi connectivity index (χ1) is 34.7. The molecule has 4 aliphatic heterocycles. The van der Waals surface area contributed by atoms with Crippen molar-refractivity contribution in [3.8, 4) is 22.5 Å². The molecular weight excluding hydrogens is 980 g/mol. The Morgan fingerprint density at radius 3 is 1.63 bits per heavy atom. The van der Waals surface area contributed by atoms with Crippen LogP contribution in [0.15, 0.2) is 82.9 Å². The monoisotopic (exact) mass is 1050 g/mol. The SMILES string of the molecule is CN1CCCC1c1nc(-c2c[nH]c3ncc(C4CCC(N5CCCC5)CC4)cc23)cs1.CN1CCCC1c1nc(-c2cn(S(=O)(=O)c3ccccc3)c3ncc(C4CCC(N5CCCC5)CC4)cc23)cs1.[Na+].[OH-]. The molecule has 2 atom stereocenters. The molecule has 10 heterocycles. The van der Waals surface area contributed by atoms with Gasteiger partial charge in [-0.2, -0.15) is 0 Å². The Labute approximate surface area is 461 Å². The molecule has 0 bridgehead atoms. The minimum absolute atomic E-state index is 0. The number of fused-ring (bicyclic) bond motifs is 2. The van der Waals surface area contributed by atoms with E-state index in [9.17, 15) is 8.42 Å². The number of H-pyrrole nitrogens is 1. The summed E-state index contributed by atoms with van der Waals surface area (Å²) in [5.74, 6) is 1.10. The normalized spacial score (nSPS) is 25.5. The number of likely N-dealkylation sites (tertiary alicyclic amines) is 4. The van der Waals surface area contributed by atoms with Gasteiger partial charge < -0.3 is 20.3 Å². The van der Waals surface area contributed by atoms with E-state index in [0.29, 0.717) is 35.6 Å². The molecule has 13 nitrogen and oxygen atoms in total. The van der Waals surface area contributed by atoms with Gasteiger partial charge in [-0.25, -0.2) is 32.3 Å². The molecule has 0 spiro atoms. The van der Waals surface area contributed by atoms with Gasteiger partial charge in [0.15, 0.2) is 5.65 Å². The third-order valence-electron chi connectivity index (χ3n) is 17.3. The van der Waals surface area contributed by atoms with E-state index >= 15 is 0 Å². The molecule has 6 aliphatic rings. The number of hydrogen-bond acceptors (Lipinski definition) is 13. The van der Waals surface area contributed by atoms with E-state index in [2.05, 4.69) is 74.0 Å². The summed E-state index contributed by atoms with van der Waals surface area (Å²) in [4.78, 5) is 33.6. The zero-order valence-electron chi connectivity index (χ0n) is 43.0. The average molecular weight is 1050 g/mol. The quantitative estimate of drug-likeness (QED) is 0.131. The van der Waals surface area contributed by atoms with Gasteiger partial charge in [-0.3, -0.25) is 9.80 Å². The maximum Gasteiger partial charge on any atom is 1.00 e. The number of aromatic nitrogens is 6. The first-order valence-electron chi connectivity index (χ1n) is 26.8. The number of nitrogens with one attached hydrogen (secondary N) is 1. The van der Waals surface area contributed by atoms with E-state index in [-0.39, 0.29) is 39.9 Å². The predicted molar refractivity (Wildman–Crippen MR) is 290 cm³/mol. The second-order valence-corrected chi connectivity index (χ2v) is 25.2. The summed E-state index contributed by atoms with van der Waals surface area (Å²) in [6, 6.07) is 15.6. The zero-order chi connectivity index (χ0) is 48.1. The van der Waals surface area contributed by atoms with Crippen LogP contribution in [-0.2, 0) is 10.0 Å². The molecule has 13 rings (SSSR count). The summed E-state index contributed by atoms with van der Waals surface area (Å²) >= 11 is 3.49. The number of nitrogens with zero attached hydrogens (tertiary/aromatic N) is 9. The fourth-order valence-corrected chi connectivity index (χ4v) is 16.6. The van der Waals surface area contributed by atoms with Crippen molar-refractivity contribution in [2.45, 2.75) is 144 Å². The van der Waals surface area contributed by atoms with Crippen LogP contribution in [-0.4, -0.2) is 128 Å². The van der Waals surface area contributed by atoms with Gasteiger partial charge in [0.25, 0.3) is 10.0 Å². The van der Waals surface area contributed by atoms with E-state index in [1.807, 2.05) is 23.6 Å². The van der Waals surface area contributed by atoms with Crippen LogP contribution in [0.25, 0.3) is 44.6 Å². The first-order valence-corrected chi connectivity index (χ1v) is 30.0. The van der Waals surface area contributed by atoms with Crippen LogP contribution in [0.1, 0.15) is 148 Å². The maximum atomic E-state index is 13.8. The Bertz CT molecular complexity index is 3060. The molecule has 2 unspecified atom stereocenters. The molecule has 382 valence electrons. The molecule has 0 radical (unpaired) electrons. The van der Waals surface area contributed by atoms with Gasteiger partial charge >= 0.3 is 29.6 Å². The van der Waals surface area contributed by atoms with Crippen LogP contribution in [0.4, 0.5) is 0 Å². The number of hydrogen-bond donors (Lipinski definition) is 1. The standard InChI is InChI=1S/C31H37N5O2S2.C25H33N5S.Na.H2O/c1-34-15-7-10-29(34)31-33-28(21-39-31)27-20-36(40(37,38)25-8-3-2-4-9-25)30-26(27)18-23(19-32-30)22-11-13-24(14-12-22)35-16-5-6-17-35;1-29-10-4-5-23(29)25-28-22(16-31-25)21-15-27-24-20(21)13-18(14-26-24)17-6-8-19(9-7-17)30-11-2-3-12-30;;/h2-4,8-9,18-22,24,29H,5-7,10-17H2,1H3;13-17,19,23H,2-12H2,1H3,(H,26,27);;1H2/q;;+1;/p-1. The molecular formula is C56H71N10NaO3S3. The average Bonchev–Trinajstić information content (AvgIpc) is 4.25. The van der Waals surface area contributed by atoms with Crippen molar-refractivity contribution >= 4 is 54.8 Å². The molecule has 6 fully saturated rings. The van der Waals surface area contributed by atoms with Crippen LogP contribution in [0.5, 0.6) is 0 Å². The van der Waals surface area contributed by atoms with Crippen molar-refractivity contribution in [2.75, 3.05) is 53.4 Å². The summed E-state index contributed by atoms with van der Waals surface area (Å²) in [7, 11) is 0.571. The van der Waals surface area contributed by atoms with Crippen LogP contribution in [0.2, 0.25) is 0 Å². The minimum atomic E-state index is -3.81. The minimum Gasteiger partial charge on any atom is -0.870 e. The molecule has 2 aliphatic carbocycles. The van der Waals surface area contributed by atoms with E-state index in [1.165, 1.54) is 147 Å². The number of rotatable bonds is 10. The second-order valence-electron chi connectivity index (χ2n) is 21.6. The van der Waals surface area contributed by atoms with Crippen LogP contribution >= 0.6 is 22.7 Å². The van der Waals surface area contributed by atoms with Crippen molar-refractivity contribution in [2.24, 2.45) is 0 Å². The zero-order valence-corrected chi connectivity index (χ0v) is 47.5. The molecule has 6 aromatic heterocycles. The molecule has 2 saturated carbocycles. The van der Waals surface area contributed by atoms with Crippen molar-refractivity contribution in [3.05, 3.63) is 99.2 Å². The Morgan fingerprint density at radius 2 is 1.11 bits per heavy atom. The van der Waals surface area contributed by atoms with E-state index in [0.717, 1.165) is 64.8 Å². The maximum absolute atomic E-state index is 13.8. The number of aromatic amines is 1. The molecule has 4 saturated heterocycles. The van der Waals surface area contributed by atoms with Crippen LogP contribution in [0, 0.1) is 0 Å². The summed E-state index contributed by atoms with van der Waals surface area (Å²) in [6.07, 6.45) is 28.2. The Kier molecular flexibility index (Phi) is 16.8. The van der Waals surface area contributed by atoms with E-state index in [1.54, 1.807) is 41.8 Å². The van der Waals surface area contributed by atoms with Gasteiger partial charge in [0, 0.05) is 69.5 Å². The molecule has 73 heavy (non-hydrogen) atoms. The molecule has 17 heteroatoms. The third kappa shape index (κ3) is 10.8. The van der Waals surface area contributed by atoms with Crippen molar-refractivity contribution in [1.29, 1.82) is 0 Å². The third-order valence-corrected chi connectivity index (χ3v) is 20.9. The topological polar surface area (TPSA) is 149 Å². The van der Waals surface area contributed by atoms with E-state index in [4.69, 9.17) is 19.9 Å². The van der Waals surface area contributed by atoms with Crippen molar-refractivity contribution in [3.63, 3.8) is 0 Å². The Hall–Kier alpha value is -3.39. The number of benzene rings is 1. The van der Waals surface area contributed by atoms with Gasteiger partial charge in [-0.05, 0) is 203 Å². The van der Waals surface area contributed by atoms with Gasteiger partial charge in [-0.1, -0.05) is 18.2 Å².